The lowest BCUT2D eigenvalue weighted by Gasteiger charge is -2.32. The molecule has 1 aliphatic carbocycles. The van der Waals surface area contributed by atoms with Crippen molar-refractivity contribution in [2.75, 3.05) is 26.4 Å². The van der Waals surface area contributed by atoms with Gasteiger partial charge in [0.1, 0.15) is 50.1 Å². The Hall–Kier alpha value is -4.40. The van der Waals surface area contributed by atoms with E-state index in [0.29, 0.717) is 11.5 Å². The van der Waals surface area contributed by atoms with Crippen LogP contribution in [-0.2, 0) is 30.9 Å². The number of benzene rings is 3. The Morgan fingerprint density at radius 2 is 1.19 bits per heavy atom. The summed E-state index contributed by atoms with van der Waals surface area (Å²) in [4.78, 5) is 22.9. The van der Waals surface area contributed by atoms with E-state index in [4.69, 9.17) is 18.9 Å². The van der Waals surface area contributed by atoms with Crippen molar-refractivity contribution < 1.29 is 38.7 Å². The van der Waals surface area contributed by atoms with Gasteiger partial charge in [0.2, 0.25) is 0 Å². The smallest absolute Gasteiger partial charge is 0.330 e. The minimum Gasteiger partial charge on any atom is -0.491 e. The number of rotatable bonds is 14. The monoisotopic (exact) mass is 586 g/mol. The molecule has 0 heterocycles. The van der Waals surface area contributed by atoms with Gasteiger partial charge in [-0.2, -0.15) is 0 Å². The molecule has 3 aromatic carbocycles. The van der Waals surface area contributed by atoms with E-state index in [1.807, 2.05) is 48.5 Å². The summed E-state index contributed by atoms with van der Waals surface area (Å²) in [5.74, 6) is 0.187. The van der Waals surface area contributed by atoms with Crippen LogP contribution in [0.2, 0.25) is 0 Å². The molecule has 0 spiro atoms. The van der Waals surface area contributed by atoms with Crippen LogP contribution in [-0.4, -0.2) is 60.8 Å². The highest BCUT2D eigenvalue weighted by Gasteiger charge is 2.41. The Morgan fingerprint density at radius 1 is 0.721 bits per heavy atom. The molecule has 0 aromatic heterocycles. The van der Waals surface area contributed by atoms with Crippen molar-refractivity contribution in [3.8, 4) is 11.5 Å². The third-order valence-corrected chi connectivity index (χ3v) is 7.27. The number of aliphatic hydroxyl groups excluding tert-OH is 2. The Labute approximate surface area is 252 Å². The highest BCUT2D eigenvalue weighted by molar-refractivity contribution is 5.82. The molecular formula is C35H38O8. The summed E-state index contributed by atoms with van der Waals surface area (Å²) in [5.41, 5.74) is 4.38. The molecule has 8 nitrogen and oxygen atoms in total. The Balaban J connectivity index is 1.46. The standard InChI is InChI=1S/C35H38O8/c1-3-7-33(38)42-23-28(36)21-40-30-15-11-26(12-16-30)35(20-19-25-9-5-6-10-32(25)35)27-13-17-31(18-14-27)41-22-29(37)24-43-34(39)8-4-2/h3-18,28-29,36-37H,19-24H2,1-2H3. The van der Waals surface area contributed by atoms with Gasteiger partial charge in [-0.3, -0.25) is 0 Å². The van der Waals surface area contributed by atoms with Gasteiger partial charge in [-0.15, -0.1) is 0 Å². The van der Waals surface area contributed by atoms with Crippen LogP contribution in [0.4, 0.5) is 0 Å². The summed E-state index contributed by atoms with van der Waals surface area (Å²) in [6.07, 6.45) is 5.67. The maximum absolute atomic E-state index is 11.5. The molecular weight excluding hydrogens is 548 g/mol. The van der Waals surface area contributed by atoms with Gasteiger partial charge in [-0.25, -0.2) is 9.59 Å². The largest absolute Gasteiger partial charge is 0.491 e. The van der Waals surface area contributed by atoms with E-state index >= 15 is 0 Å². The number of hydrogen-bond acceptors (Lipinski definition) is 8. The van der Waals surface area contributed by atoms with Crippen molar-refractivity contribution in [2.45, 2.75) is 44.3 Å². The average Bonchev–Trinajstić information content (AvgIpc) is 3.42. The molecule has 0 aliphatic heterocycles. The molecule has 0 fully saturated rings. The lowest BCUT2D eigenvalue weighted by Crippen LogP contribution is -2.27. The van der Waals surface area contributed by atoms with Gasteiger partial charge in [0.25, 0.3) is 0 Å². The highest BCUT2D eigenvalue weighted by atomic mass is 16.6. The van der Waals surface area contributed by atoms with Gasteiger partial charge < -0.3 is 29.2 Å². The number of esters is 2. The summed E-state index contributed by atoms with van der Waals surface area (Å²) in [5, 5.41) is 20.3. The first-order valence-electron chi connectivity index (χ1n) is 14.4. The SMILES string of the molecule is CC=CC(=O)OCC(O)COc1ccc(C2(c3ccc(OCC(O)COC(=O)C=CC)cc3)CCc3ccccc32)cc1. The van der Waals surface area contributed by atoms with E-state index in [1.54, 1.807) is 26.0 Å². The van der Waals surface area contributed by atoms with E-state index in [-0.39, 0.29) is 31.8 Å². The van der Waals surface area contributed by atoms with Gasteiger partial charge in [0, 0.05) is 17.6 Å². The fraction of sp³-hybridized carbons (Fsp3) is 0.314. The van der Waals surface area contributed by atoms with Crippen LogP contribution in [0.15, 0.2) is 97.1 Å². The van der Waals surface area contributed by atoms with Crippen LogP contribution in [0.25, 0.3) is 0 Å². The predicted molar refractivity (Wildman–Crippen MR) is 162 cm³/mol. The summed E-state index contributed by atoms with van der Waals surface area (Å²) in [7, 11) is 0. The maximum atomic E-state index is 11.5. The van der Waals surface area contributed by atoms with Gasteiger partial charge in [-0.05, 0) is 73.2 Å². The van der Waals surface area contributed by atoms with Crippen LogP contribution in [0.1, 0.15) is 42.5 Å². The Morgan fingerprint density at radius 3 is 1.65 bits per heavy atom. The molecule has 8 heteroatoms. The van der Waals surface area contributed by atoms with E-state index in [1.165, 1.54) is 23.3 Å². The minimum atomic E-state index is -0.947. The predicted octanol–water partition coefficient (Wildman–Crippen LogP) is 4.69. The number of carbonyl (C=O) groups excluding carboxylic acids is 2. The highest BCUT2D eigenvalue weighted by Crippen LogP contribution is 2.49. The van der Waals surface area contributed by atoms with Gasteiger partial charge in [-0.1, -0.05) is 60.7 Å². The third kappa shape index (κ3) is 8.12. The van der Waals surface area contributed by atoms with Crippen molar-refractivity contribution in [3.05, 3.63) is 119 Å². The van der Waals surface area contributed by atoms with Crippen LogP contribution in [0, 0.1) is 0 Å². The third-order valence-electron chi connectivity index (χ3n) is 7.27. The lowest BCUT2D eigenvalue weighted by atomic mass is 9.70. The number of ether oxygens (including phenoxy) is 4. The first kappa shape index (κ1) is 31.5. The summed E-state index contributed by atoms with van der Waals surface area (Å²) < 4.78 is 21.5. The molecule has 2 atom stereocenters. The molecule has 226 valence electrons. The van der Waals surface area contributed by atoms with Crippen LogP contribution >= 0.6 is 0 Å². The van der Waals surface area contributed by atoms with Crippen molar-refractivity contribution in [1.82, 2.24) is 0 Å². The zero-order chi connectivity index (χ0) is 30.7. The first-order chi connectivity index (χ1) is 20.8. The summed E-state index contributed by atoms with van der Waals surface area (Å²) >= 11 is 0. The number of carbonyl (C=O) groups is 2. The van der Waals surface area contributed by atoms with Crippen molar-refractivity contribution in [3.63, 3.8) is 0 Å². The van der Waals surface area contributed by atoms with Crippen LogP contribution in [0.3, 0.4) is 0 Å². The topological polar surface area (TPSA) is 112 Å². The molecule has 2 N–H and O–H groups in total. The molecule has 0 saturated carbocycles. The maximum Gasteiger partial charge on any atom is 0.330 e. The second-order valence-corrected chi connectivity index (χ2v) is 10.3. The average molecular weight is 587 g/mol. The summed E-state index contributed by atoms with van der Waals surface area (Å²) in [6, 6.07) is 24.2. The fourth-order valence-electron chi connectivity index (χ4n) is 5.26. The minimum absolute atomic E-state index is 0.00910. The molecule has 3 aromatic rings. The van der Waals surface area contributed by atoms with E-state index in [0.717, 1.165) is 24.0 Å². The second-order valence-electron chi connectivity index (χ2n) is 10.3. The van der Waals surface area contributed by atoms with Gasteiger partial charge >= 0.3 is 11.9 Å². The zero-order valence-corrected chi connectivity index (χ0v) is 24.5. The van der Waals surface area contributed by atoms with Crippen molar-refractivity contribution in [1.29, 1.82) is 0 Å². The van der Waals surface area contributed by atoms with Gasteiger partial charge in [0.05, 0.1) is 0 Å². The van der Waals surface area contributed by atoms with Crippen molar-refractivity contribution in [2.24, 2.45) is 0 Å². The quantitative estimate of drug-likeness (QED) is 0.207. The van der Waals surface area contributed by atoms with E-state index < -0.39 is 24.1 Å². The van der Waals surface area contributed by atoms with E-state index in [2.05, 4.69) is 24.3 Å². The number of aryl methyl sites for hydroxylation is 1. The van der Waals surface area contributed by atoms with E-state index in [9.17, 15) is 19.8 Å². The molecule has 1 aliphatic rings. The number of allylic oxidation sites excluding steroid dienone is 2. The number of hydrogen-bond donors (Lipinski definition) is 2. The van der Waals surface area contributed by atoms with Crippen LogP contribution < -0.4 is 9.47 Å². The molecule has 2 unspecified atom stereocenters. The molecule has 0 saturated heterocycles. The Kier molecular flexibility index (Phi) is 11.1. The molecule has 0 bridgehead atoms. The Bertz CT molecular complexity index is 1330. The molecule has 4 rings (SSSR count). The second kappa shape index (κ2) is 15.2. The molecule has 43 heavy (non-hydrogen) atoms. The fourth-order valence-corrected chi connectivity index (χ4v) is 5.26. The number of fused-ring (bicyclic) bond motifs is 1. The molecule has 0 radical (unpaired) electrons. The zero-order valence-electron chi connectivity index (χ0n) is 24.5. The van der Waals surface area contributed by atoms with Crippen LogP contribution in [0.5, 0.6) is 11.5 Å². The normalized spacial score (nSPS) is 17.4. The number of aliphatic hydroxyl groups is 2. The van der Waals surface area contributed by atoms with Gasteiger partial charge in [0.15, 0.2) is 0 Å². The first-order valence-corrected chi connectivity index (χ1v) is 14.4. The summed E-state index contributed by atoms with van der Waals surface area (Å²) in [6.45, 7) is 3.11. The lowest BCUT2D eigenvalue weighted by molar-refractivity contribution is -0.142. The molecule has 0 amide bonds. The van der Waals surface area contributed by atoms with Crippen molar-refractivity contribution >= 4 is 11.9 Å².